The van der Waals surface area contributed by atoms with Crippen LogP contribution in [0.15, 0.2) is 18.2 Å². The molecule has 22 heavy (non-hydrogen) atoms. The molecule has 118 valence electrons. The van der Waals surface area contributed by atoms with Gasteiger partial charge in [-0.25, -0.2) is 0 Å². The molecule has 1 aromatic carbocycles. The van der Waals surface area contributed by atoms with Crippen molar-refractivity contribution in [2.45, 2.75) is 45.1 Å². The highest BCUT2D eigenvalue weighted by Gasteiger charge is 2.54. The van der Waals surface area contributed by atoms with Gasteiger partial charge in [0.15, 0.2) is 0 Å². The predicted molar refractivity (Wildman–Crippen MR) is 88.9 cm³/mol. The molecule has 4 fully saturated rings. The van der Waals surface area contributed by atoms with Crippen LogP contribution in [0.2, 0.25) is 10.0 Å². The van der Waals surface area contributed by atoms with E-state index in [9.17, 15) is 4.79 Å². The van der Waals surface area contributed by atoms with E-state index in [-0.39, 0.29) is 11.3 Å². The van der Waals surface area contributed by atoms with E-state index in [4.69, 9.17) is 23.2 Å². The van der Waals surface area contributed by atoms with Crippen LogP contribution in [0.3, 0.4) is 0 Å². The van der Waals surface area contributed by atoms with E-state index < -0.39 is 0 Å². The number of hydrogen-bond acceptors (Lipinski definition) is 1. The van der Waals surface area contributed by atoms with E-state index in [0.717, 1.165) is 42.6 Å². The van der Waals surface area contributed by atoms with Gasteiger partial charge in [0.25, 0.3) is 0 Å². The number of amides is 1. The molecular formula is C18H21Cl2NO. The lowest BCUT2D eigenvalue weighted by Gasteiger charge is -2.55. The van der Waals surface area contributed by atoms with Gasteiger partial charge in [-0.05, 0) is 74.0 Å². The van der Waals surface area contributed by atoms with E-state index in [1.165, 1.54) is 19.3 Å². The zero-order chi connectivity index (χ0) is 15.3. The van der Waals surface area contributed by atoms with Gasteiger partial charge in [0.1, 0.15) is 0 Å². The van der Waals surface area contributed by atoms with E-state index in [0.29, 0.717) is 16.6 Å². The number of benzene rings is 1. The Bertz CT molecular complexity index is 578. The number of nitrogens with one attached hydrogen (secondary N) is 1. The van der Waals surface area contributed by atoms with Crippen molar-refractivity contribution in [2.24, 2.45) is 23.2 Å². The van der Waals surface area contributed by atoms with Crippen LogP contribution in [0.5, 0.6) is 0 Å². The minimum Gasteiger partial charge on any atom is -0.351 e. The zero-order valence-corrected chi connectivity index (χ0v) is 14.1. The summed E-state index contributed by atoms with van der Waals surface area (Å²) in [5.74, 6) is 2.61. The van der Waals surface area contributed by atoms with Crippen LogP contribution >= 0.6 is 23.2 Å². The molecule has 0 aliphatic heterocycles. The summed E-state index contributed by atoms with van der Waals surface area (Å²) in [7, 11) is 0. The molecule has 0 unspecified atom stereocenters. The molecule has 0 heterocycles. The van der Waals surface area contributed by atoms with Gasteiger partial charge in [-0.3, -0.25) is 4.79 Å². The minimum absolute atomic E-state index is 0.0896. The summed E-state index contributed by atoms with van der Waals surface area (Å²) in [5.41, 5.74) is 0.845. The first-order valence-corrected chi connectivity index (χ1v) is 9.02. The molecule has 4 bridgehead atoms. The highest BCUT2D eigenvalue weighted by molar-refractivity contribution is 6.35. The van der Waals surface area contributed by atoms with Crippen LogP contribution in [0.4, 0.5) is 0 Å². The standard InChI is InChI=1S/C18H21Cl2NO/c19-15-2-1-14(16(20)6-15)10-21-17(22)18-7-11-3-12(8-18)5-13(4-11)9-18/h1-2,6,11-13H,3-5,7-10H2,(H,21,22). The average Bonchev–Trinajstić information content (AvgIpc) is 2.44. The first-order chi connectivity index (χ1) is 10.5. The maximum Gasteiger partial charge on any atom is 0.226 e. The average molecular weight is 338 g/mol. The van der Waals surface area contributed by atoms with Gasteiger partial charge in [-0.2, -0.15) is 0 Å². The van der Waals surface area contributed by atoms with Crippen molar-refractivity contribution >= 4 is 29.1 Å². The Morgan fingerprint density at radius 3 is 2.23 bits per heavy atom. The molecule has 5 rings (SSSR count). The number of rotatable bonds is 3. The third kappa shape index (κ3) is 2.55. The molecule has 4 aliphatic rings. The third-order valence-electron chi connectivity index (χ3n) is 5.97. The highest BCUT2D eigenvalue weighted by Crippen LogP contribution is 2.60. The van der Waals surface area contributed by atoms with Gasteiger partial charge in [0, 0.05) is 22.0 Å². The highest BCUT2D eigenvalue weighted by atomic mass is 35.5. The lowest BCUT2D eigenvalue weighted by molar-refractivity contribution is -0.146. The zero-order valence-electron chi connectivity index (χ0n) is 12.6. The Kier molecular flexibility index (Phi) is 3.65. The van der Waals surface area contributed by atoms with Crippen molar-refractivity contribution in [3.63, 3.8) is 0 Å². The number of hydrogen-bond donors (Lipinski definition) is 1. The largest absolute Gasteiger partial charge is 0.351 e. The van der Waals surface area contributed by atoms with Crippen LogP contribution in [0.25, 0.3) is 0 Å². The Labute approximate surface area is 141 Å². The SMILES string of the molecule is O=C(NCc1ccc(Cl)cc1Cl)C12CC3CC(CC(C3)C1)C2. The van der Waals surface area contributed by atoms with Gasteiger partial charge in [-0.15, -0.1) is 0 Å². The molecule has 1 N–H and O–H groups in total. The molecule has 1 amide bonds. The van der Waals surface area contributed by atoms with Crippen molar-refractivity contribution in [1.82, 2.24) is 5.32 Å². The molecular weight excluding hydrogens is 317 g/mol. The summed E-state index contributed by atoms with van der Waals surface area (Å²) in [6, 6.07) is 5.44. The van der Waals surface area contributed by atoms with E-state index in [1.807, 2.05) is 12.1 Å². The van der Waals surface area contributed by atoms with Crippen molar-refractivity contribution in [3.8, 4) is 0 Å². The summed E-state index contributed by atoms with van der Waals surface area (Å²) in [6.45, 7) is 0.497. The molecule has 4 aliphatic carbocycles. The fourth-order valence-electron chi connectivity index (χ4n) is 5.42. The topological polar surface area (TPSA) is 29.1 Å². The lowest BCUT2D eigenvalue weighted by atomic mass is 9.49. The maximum absolute atomic E-state index is 12.9. The van der Waals surface area contributed by atoms with Crippen molar-refractivity contribution in [2.75, 3.05) is 0 Å². The second kappa shape index (κ2) is 5.42. The molecule has 0 atom stereocenters. The monoisotopic (exact) mass is 337 g/mol. The minimum atomic E-state index is -0.0896. The molecule has 0 radical (unpaired) electrons. The van der Waals surface area contributed by atoms with Crippen LogP contribution < -0.4 is 5.32 Å². The molecule has 0 aromatic heterocycles. The number of carbonyl (C=O) groups is 1. The van der Waals surface area contributed by atoms with E-state index in [1.54, 1.807) is 6.07 Å². The quantitative estimate of drug-likeness (QED) is 0.841. The van der Waals surface area contributed by atoms with Crippen LogP contribution in [0, 0.1) is 23.2 Å². The summed E-state index contributed by atoms with van der Waals surface area (Å²) < 4.78 is 0. The summed E-state index contributed by atoms with van der Waals surface area (Å²) >= 11 is 12.1. The summed E-state index contributed by atoms with van der Waals surface area (Å²) in [5, 5.41) is 4.40. The van der Waals surface area contributed by atoms with Crippen LogP contribution in [-0.4, -0.2) is 5.91 Å². The molecule has 1 aromatic rings. The van der Waals surface area contributed by atoms with Crippen molar-refractivity contribution in [1.29, 1.82) is 0 Å². The summed E-state index contributed by atoms with van der Waals surface area (Å²) in [4.78, 5) is 12.9. The van der Waals surface area contributed by atoms with Gasteiger partial charge in [0.05, 0.1) is 0 Å². The molecule has 0 spiro atoms. The van der Waals surface area contributed by atoms with Gasteiger partial charge >= 0.3 is 0 Å². The number of carbonyl (C=O) groups excluding carboxylic acids is 1. The number of halogens is 2. The lowest BCUT2D eigenvalue weighted by Crippen LogP contribution is -2.53. The van der Waals surface area contributed by atoms with Crippen LogP contribution in [-0.2, 0) is 11.3 Å². The first kappa shape index (κ1) is 14.8. The molecule has 4 saturated carbocycles. The Balaban J connectivity index is 1.46. The Morgan fingerprint density at radius 1 is 1.09 bits per heavy atom. The van der Waals surface area contributed by atoms with Crippen LogP contribution in [0.1, 0.15) is 44.1 Å². The van der Waals surface area contributed by atoms with E-state index in [2.05, 4.69) is 5.32 Å². The smallest absolute Gasteiger partial charge is 0.226 e. The molecule has 4 heteroatoms. The Morgan fingerprint density at radius 2 is 1.68 bits per heavy atom. The first-order valence-electron chi connectivity index (χ1n) is 8.26. The molecule has 0 saturated heterocycles. The predicted octanol–water partition coefficient (Wildman–Crippen LogP) is 4.83. The summed E-state index contributed by atoms with van der Waals surface area (Å²) in [6.07, 6.45) is 7.36. The second-order valence-electron chi connectivity index (χ2n) is 7.62. The van der Waals surface area contributed by atoms with Gasteiger partial charge in [-0.1, -0.05) is 29.3 Å². The maximum atomic E-state index is 12.9. The normalized spacial score (nSPS) is 35.6. The van der Waals surface area contributed by atoms with Gasteiger partial charge < -0.3 is 5.32 Å². The Hall–Kier alpha value is -0.730. The van der Waals surface area contributed by atoms with E-state index >= 15 is 0 Å². The second-order valence-corrected chi connectivity index (χ2v) is 8.46. The van der Waals surface area contributed by atoms with Crippen molar-refractivity contribution in [3.05, 3.63) is 33.8 Å². The third-order valence-corrected chi connectivity index (χ3v) is 6.56. The fourth-order valence-corrected chi connectivity index (χ4v) is 5.89. The fraction of sp³-hybridized carbons (Fsp3) is 0.611. The van der Waals surface area contributed by atoms with Crippen molar-refractivity contribution < 1.29 is 4.79 Å². The molecule has 2 nitrogen and oxygen atoms in total. The van der Waals surface area contributed by atoms with Gasteiger partial charge in [0.2, 0.25) is 5.91 Å².